The lowest BCUT2D eigenvalue weighted by molar-refractivity contribution is 0.0680. The van der Waals surface area contributed by atoms with Gasteiger partial charge >= 0.3 is 0 Å². The lowest BCUT2D eigenvalue weighted by Gasteiger charge is -2.31. The second-order valence-corrected chi connectivity index (χ2v) is 6.29. The average molecular weight is 308 g/mol. The molecule has 0 radical (unpaired) electrons. The molecule has 0 aliphatic carbocycles. The van der Waals surface area contributed by atoms with Crippen LogP contribution >= 0.6 is 0 Å². The number of nitrogens with zero attached hydrogens (tertiary/aromatic N) is 1. The Morgan fingerprint density at radius 3 is 2.74 bits per heavy atom. The number of aryl methyl sites for hydroxylation is 1. The minimum absolute atomic E-state index is 0.0184. The summed E-state index contributed by atoms with van der Waals surface area (Å²) in [5.41, 5.74) is 3.47. The summed E-state index contributed by atoms with van der Waals surface area (Å²) in [4.78, 5) is 17.8. The summed E-state index contributed by atoms with van der Waals surface area (Å²) in [6, 6.07) is 10.3. The number of para-hydroxylation sites is 1. The molecular weight excluding hydrogens is 288 g/mol. The Morgan fingerprint density at radius 2 is 2.00 bits per heavy atom. The van der Waals surface area contributed by atoms with E-state index in [1.807, 2.05) is 17.9 Å². The number of fused-ring (bicyclic) bond motifs is 1. The molecule has 1 fully saturated rings. The number of hydrogen-bond acceptors (Lipinski definition) is 2. The molecule has 1 aliphatic rings. The molecule has 118 valence electrons. The third-order valence-electron chi connectivity index (χ3n) is 4.90. The number of aromatic amines is 1. The van der Waals surface area contributed by atoms with Gasteiger partial charge in [-0.1, -0.05) is 18.2 Å². The summed E-state index contributed by atoms with van der Waals surface area (Å²) in [6.07, 6.45) is 5.70. The summed E-state index contributed by atoms with van der Waals surface area (Å²) in [6.45, 7) is 3.47. The Balaban J connectivity index is 1.49. The maximum absolute atomic E-state index is 12.5. The number of aromatic nitrogens is 1. The number of likely N-dealkylation sites (tertiary alicyclic amines) is 1. The standard InChI is InChI=1S/C19H20N2O2/c1-13-8-11-23-18(13)19(22)21-9-6-14(7-10-21)16-12-20-17-5-3-2-4-15(16)17/h2-5,8,11-12,14,20H,6-7,9-10H2,1H3. The molecule has 2 aromatic heterocycles. The molecule has 1 aromatic carbocycles. The lowest BCUT2D eigenvalue weighted by atomic mass is 9.89. The van der Waals surface area contributed by atoms with E-state index in [4.69, 9.17) is 4.42 Å². The van der Waals surface area contributed by atoms with Gasteiger partial charge in [0.15, 0.2) is 5.76 Å². The van der Waals surface area contributed by atoms with Crippen LogP contribution in [0.4, 0.5) is 0 Å². The van der Waals surface area contributed by atoms with Gasteiger partial charge in [0.2, 0.25) is 0 Å². The van der Waals surface area contributed by atoms with Crippen molar-refractivity contribution < 1.29 is 9.21 Å². The van der Waals surface area contributed by atoms with E-state index in [9.17, 15) is 4.79 Å². The van der Waals surface area contributed by atoms with E-state index in [-0.39, 0.29) is 5.91 Å². The summed E-state index contributed by atoms with van der Waals surface area (Å²) < 4.78 is 5.34. The number of piperidine rings is 1. The molecule has 0 atom stereocenters. The SMILES string of the molecule is Cc1ccoc1C(=O)N1CCC(c2c[nH]c3ccccc23)CC1. The Kier molecular flexibility index (Phi) is 3.45. The quantitative estimate of drug-likeness (QED) is 0.775. The molecule has 0 bridgehead atoms. The highest BCUT2D eigenvalue weighted by Crippen LogP contribution is 2.33. The predicted octanol–water partition coefficient (Wildman–Crippen LogP) is 4.09. The van der Waals surface area contributed by atoms with Crippen molar-refractivity contribution >= 4 is 16.8 Å². The zero-order valence-electron chi connectivity index (χ0n) is 13.2. The maximum Gasteiger partial charge on any atom is 0.289 e. The number of carbonyl (C=O) groups excluding carboxylic acids is 1. The van der Waals surface area contributed by atoms with Crippen molar-refractivity contribution in [2.75, 3.05) is 13.1 Å². The fourth-order valence-corrected chi connectivity index (χ4v) is 3.56. The van der Waals surface area contributed by atoms with Gasteiger partial charge in [-0.2, -0.15) is 0 Å². The fourth-order valence-electron chi connectivity index (χ4n) is 3.56. The van der Waals surface area contributed by atoms with Crippen LogP contribution in [-0.2, 0) is 0 Å². The third-order valence-corrected chi connectivity index (χ3v) is 4.90. The number of H-pyrrole nitrogens is 1. The van der Waals surface area contributed by atoms with Gasteiger partial charge in [0.1, 0.15) is 0 Å². The maximum atomic E-state index is 12.5. The number of benzene rings is 1. The number of carbonyl (C=O) groups is 1. The monoisotopic (exact) mass is 308 g/mol. The number of nitrogens with one attached hydrogen (secondary N) is 1. The van der Waals surface area contributed by atoms with E-state index < -0.39 is 0 Å². The van der Waals surface area contributed by atoms with Crippen LogP contribution < -0.4 is 0 Å². The van der Waals surface area contributed by atoms with Gasteiger partial charge in [-0.3, -0.25) is 4.79 Å². The molecule has 1 amide bonds. The summed E-state index contributed by atoms with van der Waals surface area (Å²) in [5.74, 6) is 1.01. The molecule has 3 aromatic rings. The molecule has 0 unspecified atom stereocenters. The van der Waals surface area contributed by atoms with Crippen LogP contribution in [0.15, 0.2) is 47.2 Å². The molecule has 1 aliphatic heterocycles. The third kappa shape index (κ3) is 2.44. The molecule has 4 nitrogen and oxygen atoms in total. The largest absolute Gasteiger partial charge is 0.459 e. The van der Waals surface area contributed by atoms with E-state index in [2.05, 4.69) is 35.4 Å². The minimum Gasteiger partial charge on any atom is -0.459 e. The van der Waals surface area contributed by atoms with Crippen molar-refractivity contribution in [3.8, 4) is 0 Å². The van der Waals surface area contributed by atoms with E-state index in [1.165, 1.54) is 16.5 Å². The second-order valence-electron chi connectivity index (χ2n) is 6.29. The van der Waals surface area contributed by atoms with Gasteiger partial charge < -0.3 is 14.3 Å². The predicted molar refractivity (Wildman–Crippen MR) is 89.6 cm³/mol. The zero-order chi connectivity index (χ0) is 15.8. The second kappa shape index (κ2) is 5.61. The highest BCUT2D eigenvalue weighted by molar-refractivity contribution is 5.93. The van der Waals surface area contributed by atoms with Crippen LogP contribution in [0.25, 0.3) is 10.9 Å². The lowest BCUT2D eigenvalue weighted by Crippen LogP contribution is -2.38. The van der Waals surface area contributed by atoms with Gasteiger partial charge in [0, 0.05) is 35.8 Å². The van der Waals surface area contributed by atoms with Crippen molar-refractivity contribution in [1.82, 2.24) is 9.88 Å². The van der Waals surface area contributed by atoms with Crippen LogP contribution in [-0.4, -0.2) is 28.9 Å². The highest BCUT2D eigenvalue weighted by Gasteiger charge is 2.27. The van der Waals surface area contributed by atoms with Gasteiger partial charge in [0.25, 0.3) is 5.91 Å². The smallest absolute Gasteiger partial charge is 0.289 e. The summed E-state index contributed by atoms with van der Waals surface area (Å²) >= 11 is 0. The van der Waals surface area contributed by atoms with E-state index in [0.717, 1.165) is 31.5 Å². The molecule has 1 saturated heterocycles. The first-order valence-electron chi connectivity index (χ1n) is 8.13. The van der Waals surface area contributed by atoms with Crippen molar-refractivity contribution in [2.45, 2.75) is 25.7 Å². The first-order chi connectivity index (χ1) is 11.2. The van der Waals surface area contributed by atoms with Crippen LogP contribution in [0.3, 0.4) is 0 Å². The number of rotatable bonds is 2. The van der Waals surface area contributed by atoms with E-state index in [1.54, 1.807) is 6.26 Å². The van der Waals surface area contributed by atoms with Crippen molar-refractivity contribution in [3.63, 3.8) is 0 Å². The molecule has 0 spiro atoms. The van der Waals surface area contributed by atoms with Crippen molar-refractivity contribution in [2.24, 2.45) is 0 Å². The van der Waals surface area contributed by atoms with Crippen LogP contribution in [0.1, 0.15) is 40.4 Å². The Bertz CT molecular complexity index is 838. The van der Waals surface area contributed by atoms with Gasteiger partial charge in [-0.25, -0.2) is 0 Å². The van der Waals surface area contributed by atoms with Crippen molar-refractivity contribution in [3.05, 3.63) is 59.7 Å². The first-order valence-corrected chi connectivity index (χ1v) is 8.13. The van der Waals surface area contributed by atoms with Gasteiger partial charge in [-0.15, -0.1) is 0 Å². The topological polar surface area (TPSA) is 49.2 Å². The van der Waals surface area contributed by atoms with Gasteiger partial charge in [-0.05, 0) is 43.4 Å². The van der Waals surface area contributed by atoms with E-state index >= 15 is 0 Å². The number of furan rings is 1. The zero-order valence-corrected chi connectivity index (χ0v) is 13.2. The molecule has 1 N–H and O–H groups in total. The van der Waals surface area contributed by atoms with Crippen molar-refractivity contribution in [1.29, 1.82) is 0 Å². The average Bonchev–Trinajstić information content (AvgIpc) is 3.20. The minimum atomic E-state index is 0.0184. The normalized spacial score (nSPS) is 16.1. The molecular formula is C19H20N2O2. The molecule has 4 heteroatoms. The Morgan fingerprint density at radius 1 is 1.22 bits per heavy atom. The molecule has 3 heterocycles. The molecule has 23 heavy (non-hydrogen) atoms. The van der Waals surface area contributed by atoms with Gasteiger partial charge in [0.05, 0.1) is 6.26 Å². The van der Waals surface area contributed by atoms with Crippen LogP contribution in [0, 0.1) is 6.92 Å². The Labute approximate surface area is 135 Å². The highest BCUT2D eigenvalue weighted by atomic mass is 16.3. The molecule has 4 rings (SSSR count). The first kappa shape index (κ1) is 14.1. The Hall–Kier alpha value is -2.49. The fraction of sp³-hybridized carbons (Fsp3) is 0.316. The number of amides is 1. The van der Waals surface area contributed by atoms with Crippen LogP contribution in [0.2, 0.25) is 0 Å². The van der Waals surface area contributed by atoms with Crippen LogP contribution in [0.5, 0.6) is 0 Å². The number of hydrogen-bond donors (Lipinski definition) is 1. The molecule has 0 saturated carbocycles. The van der Waals surface area contributed by atoms with E-state index in [0.29, 0.717) is 11.7 Å². The summed E-state index contributed by atoms with van der Waals surface area (Å²) in [5, 5.41) is 1.30. The summed E-state index contributed by atoms with van der Waals surface area (Å²) in [7, 11) is 0.